The van der Waals surface area contributed by atoms with Crippen LogP contribution in [0.4, 0.5) is 8.78 Å². The first-order valence-corrected chi connectivity index (χ1v) is 10.5. The maximum Gasteiger partial charge on any atom is 0.132 e. The zero-order valence-electron chi connectivity index (χ0n) is 17.0. The highest BCUT2D eigenvalue weighted by molar-refractivity contribution is 5.64. The molecule has 1 saturated carbocycles. The van der Waals surface area contributed by atoms with Crippen molar-refractivity contribution in [1.82, 2.24) is 0 Å². The Kier molecular flexibility index (Phi) is 7.76. The quantitative estimate of drug-likeness (QED) is 0.314. The predicted octanol–water partition coefficient (Wildman–Crippen LogP) is 7.57. The van der Waals surface area contributed by atoms with Crippen molar-refractivity contribution in [3.8, 4) is 11.1 Å². The monoisotopic (exact) mass is 396 g/mol. The van der Waals surface area contributed by atoms with Gasteiger partial charge in [-0.05, 0) is 79.2 Å². The number of allylic oxidation sites excluding steroid dienone is 1. The first kappa shape index (κ1) is 21.4. The van der Waals surface area contributed by atoms with Gasteiger partial charge in [0.1, 0.15) is 11.6 Å². The molecule has 2 aromatic carbocycles. The summed E-state index contributed by atoms with van der Waals surface area (Å²) in [6, 6.07) is 10.9. The fourth-order valence-electron chi connectivity index (χ4n) is 4.24. The van der Waals surface area contributed by atoms with E-state index in [2.05, 4.69) is 25.3 Å². The van der Waals surface area contributed by atoms with Gasteiger partial charge < -0.3 is 4.74 Å². The smallest absolute Gasteiger partial charge is 0.132 e. The molecule has 0 saturated heterocycles. The Bertz CT molecular complexity index is 794. The number of hydrogen-bond donors (Lipinski definition) is 0. The molecule has 154 valence electrons. The molecule has 0 unspecified atom stereocenters. The minimum atomic E-state index is -0.578. The normalized spacial score (nSPS) is 19.1. The Balaban J connectivity index is 1.66. The average Bonchev–Trinajstić information content (AvgIpc) is 2.74. The van der Waals surface area contributed by atoms with Crippen molar-refractivity contribution in [3.63, 3.8) is 0 Å². The highest BCUT2D eigenvalue weighted by Crippen LogP contribution is 2.38. The first-order valence-electron chi connectivity index (χ1n) is 10.5. The Morgan fingerprint density at radius 2 is 1.55 bits per heavy atom. The zero-order valence-corrected chi connectivity index (χ0v) is 17.0. The minimum absolute atomic E-state index is 0.0413. The summed E-state index contributed by atoms with van der Waals surface area (Å²) in [5.74, 6) is 0.252. The van der Waals surface area contributed by atoms with Gasteiger partial charge in [-0.25, -0.2) is 8.78 Å². The molecular formula is C26H30F2O. The van der Waals surface area contributed by atoms with Gasteiger partial charge in [0.2, 0.25) is 0 Å². The van der Waals surface area contributed by atoms with Gasteiger partial charge in [0, 0.05) is 5.56 Å². The number of rotatable bonds is 9. The molecule has 1 nitrogen and oxygen atoms in total. The Morgan fingerprint density at radius 3 is 2.14 bits per heavy atom. The molecule has 0 N–H and O–H groups in total. The van der Waals surface area contributed by atoms with Gasteiger partial charge in [-0.15, -0.1) is 13.2 Å². The van der Waals surface area contributed by atoms with Crippen LogP contribution >= 0.6 is 0 Å². The number of halogens is 2. The molecule has 0 atom stereocenters. The molecule has 1 fully saturated rings. The molecule has 29 heavy (non-hydrogen) atoms. The molecule has 0 spiro atoms. The fraction of sp³-hybridized carbons (Fsp3) is 0.385. The second-order valence-corrected chi connectivity index (χ2v) is 7.93. The second-order valence-electron chi connectivity index (χ2n) is 7.93. The van der Waals surface area contributed by atoms with Crippen LogP contribution in [-0.2, 0) is 11.3 Å². The van der Waals surface area contributed by atoms with Crippen LogP contribution in [0.2, 0.25) is 0 Å². The van der Waals surface area contributed by atoms with Crippen molar-refractivity contribution in [2.75, 3.05) is 6.61 Å². The third-order valence-corrected chi connectivity index (χ3v) is 5.96. The SMILES string of the molecule is C=CCCC1CCC(c2ccc(-c3cc(F)c(COCC=C)c(F)c3)cc2)CC1. The fourth-order valence-corrected chi connectivity index (χ4v) is 4.24. The maximum absolute atomic E-state index is 14.4. The molecule has 0 heterocycles. The lowest BCUT2D eigenvalue weighted by Gasteiger charge is -2.28. The molecule has 0 amide bonds. The minimum Gasteiger partial charge on any atom is -0.373 e. The van der Waals surface area contributed by atoms with Crippen molar-refractivity contribution < 1.29 is 13.5 Å². The molecule has 0 radical (unpaired) electrons. The van der Waals surface area contributed by atoms with Gasteiger partial charge in [-0.1, -0.05) is 36.4 Å². The van der Waals surface area contributed by atoms with Crippen molar-refractivity contribution >= 4 is 0 Å². The molecular weight excluding hydrogens is 366 g/mol. The topological polar surface area (TPSA) is 9.23 Å². The van der Waals surface area contributed by atoms with Crippen molar-refractivity contribution in [3.05, 3.63) is 84.5 Å². The van der Waals surface area contributed by atoms with Crippen LogP contribution in [-0.4, -0.2) is 6.61 Å². The van der Waals surface area contributed by atoms with E-state index in [4.69, 9.17) is 4.74 Å². The largest absolute Gasteiger partial charge is 0.373 e. The Hall–Kier alpha value is -2.26. The van der Waals surface area contributed by atoms with Crippen LogP contribution in [0.5, 0.6) is 0 Å². The second kappa shape index (κ2) is 10.5. The van der Waals surface area contributed by atoms with Crippen LogP contribution in [0.25, 0.3) is 11.1 Å². The number of benzene rings is 2. The van der Waals surface area contributed by atoms with E-state index in [0.29, 0.717) is 11.5 Å². The summed E-state index contributed by atoms with van der Waals surface area (Å²) in [5, 5.41) is 0. The van der Waals surface area contributed by atoms with Gasteiger partial charge >= 0.3 is 0 Å². The van der Waals surface area contributed by atoms with E-state index in [1.54, 1.807) is 6.08 Å². The van der Waals surface area contributed by atoms with E-state index in [1.807, 2.05) is 18.2 Å². The summed E-state index contributed by atoms with van der Waals surface area (Å²) in [7, 11) is 0. The third kappa shape index (κ3) is 5.63. The van der Waals surface area contributed by atoms with Gasteiger partial charge in [0.05, 0.1) is 13.2 Å². The van der Waals surface area contributed by atoms with E-state index in [0.717, 1.165) is 17.9 Å². The third-order valence-electron chi connectivity index (χ3n) is 5.96. The van der Waals surface area contributed by atoms with Gasteiger partial charge in [0.15, 0.2) is 0 Å². The zero-order chi connectivity index (χ0) is 20.6. The van der Waals surface area contributed by atoms with Crippen LogP contribution in [0.1, 0.15) is 55.6 Å². The molecule has 1 aliphatic rings. The summed E-state index contributed by atoms with van der Waals surface area (Å²) in [6.07, 6.45) is 10.9. The van der Waals surface area contributed by atoms with Gasteiger partial charge in [-0.3, -0.25) is 0 Å². The lowest BCUT2D eigenvalue weighted by molar-refractivity contribution is 0.143. The molecule has 0 aliphatic heterocycles. The van der Waals surface area contributed by atoms with Crippen LogP contribution in [0, 0.1) is 17.6 Å². The van der Waals surface area contributed by atoms with E-state index in [-0.39, 0.29) is 18.8 Å². The highest BCUT2D eigenvalue weighted by atomic mass is 19.1. The van der Waals surface area contributed by atoms with Crippen molar-refractivity contribution in [1.29, 1.82) is 0 Å². The maximum atomic E-state index is 14.4. The Morgan fingerprint density at radius 1 is 0.897 bits per heavy atom. The first-order chi connectivity index (χ1) is 14.1. The summed E-state index contributed by atoms with van der Waals surface area (Å²) in [4.78, 5) is 0. The average molecular weight is 397 g/mol. The molecule has 2 aromatic rings. The van der Waals surface area contributed by atoms with E-state index >= 15 is 0 Å². The molecule has 0 aromatic heterocycles. The van der Waals surface area contributed by atoms with Crippen molar-refractivity contribution in [2.45, 2.75) is 51.0 Å². The van der Waals surface area contributed by atoms with Crippen LogP contribution < -0.4 is 0 Å². The van der Waals surface area contributed by atoms with Gasteiger partial charge in [-0.2, -0.15) is 0 Å². The summed E-state index contributed by atoms with van der Waals surface area (Å²) >= 11 is 0. The molecule has 1 aliphatic carbocycles. The molecule has 3 heteroatoms. The standard InChI is InChI=1S/C26H30F2O/c1-3-5-6-19-7-9-20(10-8-19)21-11-13-22(14-12-21)23-16-25(27)24(26(28)17-23)18-29-15-4-2/h3-4,11-14,16-17,19-20H,1-2,5-10,15,18H2. The number of ether oxygens (including phenoxy) is 1. The Labute approximate surface area is 173 Å². The number of hydrogen-bond acceptors (Lipinski definition) is 1. The van der Waals surface area contributed by atoms with E-state index < -0.39 is 11.6 Å². The lowest BCUT2D eigenvalue weighted by Crippen LogP contribution is -2.13. The highest BCUT2D eigenvalue weighted by Gasteiger charge is 2.22. The summed E-state index contributed by atoms with van der Waals surface area (Å²) in [6.45, 7) is 7.51. The van der Waals surface area contributed by atoms with E-state index in [9.17, 15) is 8.78 Å². The van der Waals surface area contributed by atoms with Crippen LogP contribution in [0.3, 0.4) is 0 Å². The van der Waals surface area contributed by atoms with Crippen LogP contribution in [0.15, 0.2) is 61.7 Å². The molecule has 0 bridgehead atoms. The van der Waals surface area contributed by atoms with E-state index in [1.165, 1.54) is 49.8 Å². The van der Waals surface area contributed by atoms with Crippen molar-refractivity contribution in [2.24, 2.45) is 5.92 Å². The lowest BCUT2D eigenvalue weighted by atomic mass is 9.77. The predicted molar refractivity (Wildman–Crippen MR) is 116 cm³/mol. The molecule has 3 rings (SSSR count). The summed E-state index contributed by atoms with van der Waals surface area (Å²) in [5.41, 5.74) is 2.66. The van der Waals surface area contributed by atoms with Gasteiger partial charge in [0.25, 0.3) is 0 Å². The summed E-state index contributed by atoms with van der Waals surface area (Å²) < 4.78 is 33.9.